The number of nitrogens with zero attached hydrogens (tertiary/aromatic N) is 2. The van der Waals surface area contributed by atoms with E-state index in [2.05, 4.69) is 31.7 Å². The summed E-state index contributed by atoms with van der Waals surface area (Å²) in [6.07, 6.45) is 3.43. The summed E-state index contributed by atoms with van der Waals surface area (Å²) in [5, 5.41) is 10.7. The summed E-state index contributed by atoms with van der Waals surface area (Å²) in [7, 11) is 0. The van der Waals surface area contributed by atoms with Crippen molar-refractivity contribution in [1.82, 2.24) is 9.78 Å². The molecule has 1 aliphatic rings. The summed E-state index contributed by atoms with van der Waals surface area (Å²) in [4.78, 5) is 13.2. The van der Waals surface area contributed by atoms with E-state index in [1.54, 1.807) is 22.9 Å². The van der Waals surface area contributed by atoms with Crippen LogP contribution in [0.5, 0.6) is 0 Å². The van der Waals surface area contributed by atoms with E-state index >= 15 is 0 Å². The molecule has 5 rings (SSSR count). The molecule has 2 heterocycles. The zero-order valence-corrected chi connectivity index (χ0v) is 19.3. The fourth-order valence-electron chi connectivity index (χ4n) is 3.92. The van der Waals surface area contributed by atoms with Crippen LogP contribution in [-0.4, -0.2) is 15.7 Å². The van der Waals surface area contributed by atoms with Crippen molar-refractivity contribution in [3.8, 4) is 0 Å². The van der Waals surface area contributed by atoms with Crippen molar-refractivity contribution in [2.45, 2.75) is 13.0 Å². The molecule has 0 spiro atoms. The Morgan fingerprint density at radius 3 is 2.64 bits per heavy atom. The predicted molar refractivity (Wildman–Crippen MR) is 132 cm³/mol. The molecule has 0 saturated carbocycles. The number of hydrogen-bond donors (Lipinski definition) is 2. The lowest BCUT2D eigenvalue weighted by Crippen LogP contribution is -2.22. The molecule has 1 aliphatic heterocycles. The third-order valence-corrected chi connectivity index (χ3v) is 6.06. The lowest BCUT2D eigenvalue weighted by atomic mass is 10.0. The normalized spacial score (nSPS) is 14.8. The van der Waals surface area contributed by atoms with Gasteiger partial charge in [0.1, 0.15) is 23.2 Å². The van der Waals surface area contributed by atoms with E-state index in [1.807, 2.05) is 61.5 Å². The lowest BCUT2D eigenvalue weighted by molar-refractivity contribution is 0.102. The molecule has 0 unspecified atom stereocenters. The SMILES string of the molecule is Cc1cccc(NC(=O)c2cnn3c2NC(c2ccc(Br)cc2)=C[C@H]3c2ccccc2F)c1. The average Bonchev–Trinajstić information content (AvgIpc) is 3.24. The highest BCUT2D eigenvalue weighted by molar-refractivity contribution is 9.10. The maximum atomic E-state index is 14.8. The van der Waals surface area contributed by atoms with Crippen LogP contribution >= 0.6 is 15.9 Å². The number of halogens is 2. The van der Waals surface area contributed by atoms with E-state index in [0.717, 1.165) is 21.3 Å². The van der Waals surface area contributed by atoms with Gasteiger partial charge in [0.2, 0.25) is 0 Å². The molecule has 1 amide bonds. The summed E-state index contributed by atoms with van der Waals surface area (Å²) in [6.45, 7) is 1.97. The van der Waals surface area contributed by atoms with Gasteiger partial charge in [-0.3, -0.25) is 4.79 Å². The number of carbonyl (C=O) groups excluding carboxylic acids is 1. The highest BCUT2D eigenvalue weighted by atomic mass is 79.9. The first-order valence-electron chi connectivity index (χ1n) is 10.4. The molecular formula is C26H20BrFN4O. The number of hydrogen-bond acceptors (Lipinski definition) is 3. The van der Waals surface area contributed by atoms with E-state index in [0.29, 0.717) is 22.6 Å². The third-order valence-electron chi connectivity index (χ3n) is 5.54. The van der Waals surface area contributed by atoms with Crippen LogP contribution in [0.15, 0.2) is 89.5 Å². The van der Waals surface area contributed by atoms with Crippen molar-refractivity contribution < 1.29 is 9.18 Å². The number of carbonyl (C=O) groups is 1. The van der Waals surface area contributed by atoms with Crippen LogP contribution in [0.1, 0.15) is 33.1 Å². The van der Waals surface area contributed by atoms with Gasteiger partial charge >= 0.3 is 0 Å². The molecule has 2 N–H and O–H groups in total. The Balaban J connectivity index is 1.57. The van der Waals surface area contributed by atoms with Crippen molar-refractivity contribution in [2.75, 3.05) is 10.6 Å². The number of amides is 1. The molecule has 7 heteroatoms. The molecule has 33 heavy (non-hydrogen) atoms. The Bertz CT molecular complexity index is 1380. The van der Waals surface area contributed by atoms with E-state index in [1.165, 1.54) is 12.3 Å². The Labute approximate surface area is 199 Å². The number of anilines is 2. The molecule has 1 atom stereocenters. The molecule has 0 saturated heterocycles. The maximum Gasteiger partial charge on any atom is 0.261 e. The summed E-state index contributed by atoms with van der Waals surface area (Å²) in [6, 6.07) is 21.5. The first-order valence-corrected chi connectivity index (χ1v) is 11.2. The molecule has 5 nitrogen and oxygen atoms in total. The minimum absolute atomic E-state index is 0.293. The largest absolute Gasteiger partial charge is 0.339 e. The van der Waals surface area contributed by atoms with Crippen LogP contribution in [0.2, 0.25) is 0 Å². The van der Waals surface area contributed by atoms with Crippen LogP contribution in [0, 0.1) is 12.7 Å². The van der Waals surface area contributed by atoms with Gasteiger partial charge in [-0.1, -0.05) is 58.4 Å². The molecule has 4 aromatic rings. The number of fused-ring (bicyclic) bond motifs is 1. The first kappa shape index (κ1) is 21.2. The molecular weight excluding hydrogens is 483 g/mol. The quantitative estimate of drug-likeness (QED) is 0.339. The summed E-state index contributed by atoms with van der Waals surface area (Å²) >= 11 is 3.46. The van der Waals surface area contributed by atoms with E-state index < -0.39 is 6.04 Å². The highest BCUT2D eigenvalue weighted by Gasteiger charge is 2.29. The minimum Gasteiger partial charge on any atom is -0.339 e. The zero-order valence-electron chi connectivity index (χ0n) is 17.7. The van der Waals surface area contributed by atoms with Gasteiger partial charge in [0.25, 0.3) is 5.91 Å². The number of aromatic nitrogens is 2. The van der Waals surface area contributed by atoms with Crippen LogP contribution in [-0.2, 0) is 0 Å². The molecule has 0 fully saturated rings. The second kappa shape index (κ2) is 8.67. The molecule has 164 valence electrons. The number of allylic oxidation sites excluding steroid dienone is 1. The van der Waals surface area contributed by atoms with Crippen molar-refractivity contribution >= 4 is 39.0 Å². The monoisotopic (exact) mass is 502 g/mol. The van der Waals surface area contributed by atoms with Crippen molar-refractivity contribution in [1.29, 1.82) is 0 Å². The third kappa shape index (κ3) is 4.19. The first-order chi connectivity index (χ1) is 16.0. The second-order valence-electron chi connectivity index (χ2n) is 7.85. The number of nitrogens with one attached hydrogen (secondary N) is 2. The van der Waals surface area contributed by atoms with Gasteiger partial charge in [0.15, 0.2) is 0 Å². The van der Waals surface area contributed by atoms with Crippen molar-refractivity contribution in [3.05, 3.63) is 118 Å². The fourth-order valence-corrected chi connectivity index (χ4v) is 4.18. The predicted octanol–water partition coefficient (Wildman–Crippen LogP) is 6.40. The minimum atomic E-state index is -0.512. The molecule has 3 aromatic carbocycles. The lowest BCUT2D eigenvalue weighted by Gasteiger charge is -2.26. The maximum absolute atomic E-state index is 14.8. The Morgan fingerprint density at radius 1 is 1.09 bits per heavy atom. The van der Waals surface area contributed by atoms with Crippen LogP contribution in [0.4, 0.5) is 15.9 Å². The number of rotatable bonds is 4. The van der Waals surface area contributed by atoms with E-state index in [-0.39, 0.29) is 11.7 Å². The highest BCUT2D eigenvalue weighted by Crippen LogP contribution is 2.36. The standard InChI is InChI=1S/C26H20BrFN4O/c1-16-5-4-6-19(13-16)30-26(33)21-15-29-32-24(20-7-2-3-8-22(20)28)14-23(31-25(21)32)17-9-11-18(27)12-10-17/h2-15,24,31H,1H3,(H,30,33)/t24-/m0/s1. The Kier molecular flexibility index (Phi) is 5.56. The summed E-state index contributed by atoms with van der Waals surface area (Å²) in [5.41, 5.74) is 4.28. The van der Waals surface area contributed by atoms with Crippen LogP contribution in [0.25, 0.3) is 5.70 Å². The Hall–Kier alpha value is -3.71. The van der Waals surface area contributed by atoms with Gasteiger partial charge < -0.3 is 10.6 Å². The van der Waals surface area contributed by atoms with Gasteiger partial charge in [0, 0.05) is 21.4 Å². The van der Waals surface area contributed by atoms with E-state index in [4.69, 9.17) is 0 Å². The fraction of sp³-hybridized carbons (Fsp3) is 0.0769. The van der Waals surface area contributed by atoms with Crippen molar-refractivity contribution in [2.24, 2.45) is 0 Å². The van der Waals surface area contributed by atoms with Gasteiger partial charge in [-0.2, -0.15) is 5.10 Å². The number of benzene rings is 3. The number of aryl methyl sites for hydroxylation is 1. The zero-order chi connectivity index (χ0) is 22.9. The second-order valence-corrected chi connectivity index (χ2v) is 8.77. The van der Waals surface area contributed by atoms with Gasteiger partial charge in [-0.15, -0.1) is 0 Å². The van der Waals surface area contributed by atoms with Crippen LogP contribution < -0.4 is 10.6 Å². The average molecular weight is 503 g/mol. The molecule has 0 bridgehead atoms. The summed E-state index contributed by atoms with van der Waals surface area (Å²) in [5.74, 6) is -0.115. The summed E-state index contributed by atoms with van der Waals surface area (Å²) < 4.78 is 17.4. The van der Waals surface area contributed by atoms with Gasteiger partial charge in [-0.25, -0.2) is 9.07 Å². The van der Waals surface area contributed by atoms with Crippen LogP contribution in [0.3, 0.4) is 0 Å². The van der Waals surface area contributed by atoms with Gasteiger partial charge in [0.05, 0.1) is 6.20 Å². The smallest absolute Gasteiger partial charge is 0.261 e. The molecule has 1 aromatic heterocycles. The van der Waals surface area contributed by atoms with Gasteiger partial charge in [-0.05, 0) is 54.5 Å². The molecule has 0 aliphatic carbocycles. The molecule has 0 radical (unpaired) electrons. The topological polar surface area (TPSA) is 59.0 Å². The van der Waals surface area contributed by atoms with E-state index in [9.17, 15) is 9.18 Å². The van der Waals surface area contributed by atoms with Crippen molar-refractivity contribution in [3.63, 3.8) is 0 Å². The Morgan fingerprint density at radius 2 is 1.88 bits per heavy atom.